The maximum absolute atomic E-state index is 12.6. The van der Waals surface area contributed by atoms with Crippen LogP contribution in [0.5, 0.6) is 0 Å². The van der Waals surface area contributed by atoms with Crippen LogP contribution in [0.2, 0.25) is 0 Å². The first kappa shape index (κ1) is 18.2. The first-order valence-electron chi connectivity index (χ1n) is 9.60. The Morgan fingerprint density at radius 3 is 2.59 bits per heavy atom. The van der Waals surface area contributed by atoms with E-state index in [0.29, 0.717) is 24.5 Å². The molecule has 1 unspecified atom stereocenters. The van der Waals surface area contributed by atoms with Gasteiger partial charge in [0, 0.05) is 31.1 Å². The summed E-state index contributed by atoms with van der Waals surface area (Å²) in [6, 6.07) is 12.2. The van der Waals surface area contributed by atoms with Gasteiger partial charge in [-0.3, -0.25) is 9.69 Å². The molecule has 1 saturated heterocycles. The lowest BCUT2D eigenvalue weighted by molar-refractivity contribution is 0.0305. The molecule has 6 nitrogen and oxygen atoms in total. The largest absolute Gasteiger partial charge is 0.379 e. The zero-order chi connectivity index (χ0) is 18.9. The number of ether oxygens (including phenoxy) is 1. The minimum absolute atomic E-state index is 0.00964. The molecule has 2 aliphatic rings. The number of hydrogen-bond acceptors (Lipinski definition) is 5. The normalized spacial score (nSPS) is 24.5. The van der Waals surface area contributed by atoms with E-state index < -0.39 is 0 Å². The predicted molar refractivity (Wildman–Crippen MR) is 101 cm³/mol. The first-order chi connectivity index (χ1) is 13.0. The summed E-state index contributed by atoms with van der Waals surface area (Å²) in [5, 5.41) is 7.04. The fraction of sp³-hybridized carbons (Fsp3) is 0.524. The maximum Gasteiger partial charge on any atom is 0.273 e. The van der Waals surface area contributed by atoms with Crippen LogP contribution in [0.1, 0.15) is 42.1 Å². The van der Waals surface area contributed by atoms with Gasteiger partial charge in [-0.25, -0.2) is 0 Å². The summed E-state index contributed by atoms with van der Waals surface area (Å²) in [4.78, 5) is 14.8. The van der Waals surface area contributed by atoms with Gasteiger partial charge in [0.15, 0.2) is 11.5 Å². The summed E-state index contributed by atoms with van der Waals surface area (Å²) in [5.41, 5.74) is 1.79. The van der Waals surface area contributed by atoms with Gasteiger partial charge < -0.3 is 14.6 Å². The number of carbonyl (C=O) groups excluding carboxylic acids is 1. The third-order valence-electron chi connectivity index (χ3n) is 6.07. The minimum atomic E-state index is -0.176. The summed E-state index contributed by atoms with van der Waals surface area (Å²) < 4.78 is 10.7. The highest BCUT2D eigenvalue weighted by molar-refractivity contribution is 5.92. The van der Waals surface area contributed by atoms with Crippen molar-refractivity contribution < 1.29 is 14.1 Å². The van der Waals surface area contributed by atoms with E-state index in [1.807, 2.05) is 6.07 Å². The number of hydrogen-bond donors (Lipinski definition) is 1. The van der Waals surface area contributed by atoms with Gasteiger partial charge in [-0.1, -0.05) is 49.3 Å². The van der Waals surface area contributed by atoms with Gasteiger partial charge in [0.25, 0.3) is 5.91 Å². The Hall–Kier alpha value is -2.18. The van der Waals surface area contributed by atoms with E-state index in [9.17, 15) is 4.79 Å². The predicted octanol–water partition coefficient (Wildman–Crippen LogP) is 2.60. The highest BCUT2D eigenvalue weighted by atomic mass is 16.5. The fourth-order valence-corrected chi connectivity index (χ4v) is 4.16. The Labute approximate surface area is 159 Å². The Morgan fingerprint density at radius 1 is 1.22 bits per heavy atom. The van der Waals surface area contributed by atoms with Gasteiger partial charge >= 0.3 is 0 Å². The second-order valence-corrected chi connectivity index (χ2v) is 8.26. The molecule has 1 aliphatic heterocycles. The maximum atomic E-state index is 12.6. The second kappa shape index (κ2) is 7.09. The lowest BCUT2D eigenvalue weighted by Crippen LogP contribution is -2.35. The van der Waals surface area contributed by atoms with E-state index >= 15 is 0 Å². The van der Waals surface area contributed by atoms with Gasteiger partial charge in [-0.2, -0.15) is 0 Å². The average molecular weight is 369 g/mol. The van der Waals surface area contributed by atoms with E-state index in [1.54, 1.807) is 6.07 Å². The van der Waals surface area contributed by atoms with Crippen molar-refractivity contribution in [1.82, 2.24) is 15.4 Å². The number of nitrogens with one attached hydrogen (secondary N) is 1. The van der Waals surface area contributed by atoms with Crippen molar-refractivity contribution in [2.24, 2.45) is 5.41 Å². The molecule has 1 saturated carbocycles. The van der Waals surface area contributed by atoms with Crippen LogP contribution < -0.4 is 5.32 Å². The highest BCUT2D eigenvalue weighted by Crippen LogP contribution is 2.63. The molecule has 144 valence electrons. The zero-order valence-corrected chi connectivity index (χ0v) is 16.0. The molecule has 1 N–H and O–H groups in total. The molecule has 6 heteroatoms. The van der Waals surface area contributed by atoms with E-state index in [0.717, 1.165) is 32.7 Å². The Bertz CT molecular complexity index is 796. The van der Waals surface area contributed by atoms with Crippen LogP contribution in [-0.2, 0) is 16.7 Å². The third-order valence-corrected chi connectivity index (χ3v) is 6.07. The molecule has 2 aromatic rings. The molecular formula is C21H27N3O3. The number of morpholine rings is 1. The Morgan fingerprint density at radius 2 is 1.93 bits per heavy atom. The van der Waals surface area contributed by atoms with Crippen LogP contribution in [0.15, 0.2) is 40.9 Å². The van der Waals surface area contributed by atoms with Crippen molar-refractivity contribution in [3.8, 4) is 0 Å². The SMILES string of the molecule is CC1(C)CC1(CNC(=O)c1cc(CN2CCOCC2)on1)c1ccccc1. The highest BCUT2D eigenvalue weighted by Gasteiger charge is 2.61. The fourth-order valence-electron chi connectivity index (χ4n) is 4.16. The lowest BCUT2D eigenvalue weighted by atomic mass is 9.88. The van der Waals surface area contributed by atoms with Crippen molar-refractivity contribution in [2.75, 3.05) is 32.8 Å². The molecule has 1 amide bonds. The second-order valence-electron chi connectivity index (χ2n) is 8.26. The van der Waals surface area contributed by atoms with Crippen molar-refractivity contribution >= 4 is 5.91 Å². The number of nitrogens with zero attached hydrogens (tertiary/aromatic N) is 2. The monoisotopic (exact) mass is 369 g/mol. The summed E-state index contributed by atoms with van der Waals surface area (Å²) in [7, 11) is 0. The number of rotatable bonds is 6. The van der Waals surface area contributed by atoms with E-state index in [-0.39, 0.29) is 16.7 Å². The van der Waals surface area contributed by atoms with Crippen LogP contribution in [0, 0.1) is 5.41 Å². The smallest absolute Gasteiger partial charge is 0.273 e. The van der Waals surface area contributed by atoms with Crippen molar-refractivity contribution in [3.63, 3.8) is 0 Å². The van der Waals surface area contributed by atoms with Crippen molar-refractivity contribution in [2.45, 2.75) is 32.2 Å². The van der Waals surface area contributed by atoms with Gasteiger partial charge in [-0.15, -0.1) is 0 Å². The molecule has 4 rings (SSSR count). The van der Waals surface area contributed by atoms with E-state index in [4.69, 9.17) is 9.26 Å². The molecular weight excluding hydrogens is 342 g/mol. The molecule has 2 heterocycles. The lowest BCUT2D eigenvalue weighted by Gasteiger charge is -2.25. The Balaban J connectivity index is 1.38. The molecule has 1 aromatic heterocycles. The van der Waals surface area contributed by atoms with Crippen molar-refractivity contribution in [3.05, 3.63) is 53.4 Å². The number of amides is 1. The van der Waals surface area contributed by atoms with Gasteiger partial charge in [0.05, 0.1) is 19.8 Å². The van der Waals surface area contributed by atoms with Crippen LogP contribution in [0.4, 0.5) is 0 Å². The number of aromatic nitrogens is 1. The molecule has 0 bridgehead atoms. The average Bonchev–Trinajstić information content (AvgIpc) is 3.01. The molecule has 1 aliphatic carbocycles. The Kier molecular flexibility index (Phi) is 4.78. The molecule has 27 heavy (non-hydrogen) atoms. The third kappa shape index (κ3) is 3.64. The van der Waals surface area contributed by atoms with Crippen LogP contribution in [0.25, 0.3) is 0 Å². The number of benzene rings is 1. The summed E-state index contributed by atoms with van der Waals surface area (Å²) in [6.45, 7) is 8.98. The quantitative estimate of drug-likeness (QED) is 0.848. The standard InChI is InChI=1S/C21H27N3O3/c1-20(2)14-21(20,16-6-4-3-5-7-16)15-22-19(25)18-12-17(27-23-18)13-24-8-10-26-11-9-24/h3-7,12H,8-11,13-15H2,1-2H3,(H,22,25). The minimum Gasteiger partial charge on any atom is -0.379 e. The van der Waals surface area contributed by atoms with Gasteiger partial charge in [-0.05, 0) is 17.4 Å². The number of carbonyl (C=O) groups is 1. The molecule has 2 fully saturated rings. The van der Waals surface area contributed by atoms with Gasteiger partial charge in [0.1, 0.15) is 0 Å². The molecule has 1 atom stereocenters. The molecule has 1 aromatic carbocycles. The van der Waals surface area contributed by atoms with Crippen LogP contribution in [0.3, 0.4) is 0 Å². The van der Waals surface area contributed by atoms with Gasteiger partial charge in [0.2, 0.25) is 0 Å². The van der Waals surface area contributed by atoms with Crippen molar-refractivity contribution in [1.29, 1.82) is 0 Å². The van der Waals surface area contributed by atoms with E-state index in [1.165, 1.54) is 5.56 Å². The van der Waals surface area contributed by atoms with Crippen LogP contribution >= 0.6 is 0 Å². The summed E-state index contributed by atoms with van der Waals surface area (Å²) in [5.74, 6) is 0.538. The molecule has 0 radical (unpaired) electrons. The summed E-state index contributed by atoms with van der Waals surface area (Å²) >= 11 is 0. The topological polar surface area (TPSA) is 67.6 Å². The zero-order valence-electron chi connectivity index (χ0n) is 16.0. The molecule has 0 spiro atoms. The van der Waals surface area contributed by atoms with Crippen LogP contribution in [-0.4, -0.2) is 48.8 Å². The summed E-state index contributed by atoms with van der Waals surface area (Å²) in [6.07, 6.45) is 1.06. The van der Waals surface area contributed by atoms with E-state index in [2.05, 4.69) is 53.5 Å². The first-order valence-corrected chi connectivity index (χ1v) is 9.60.